The molecule has 9 nitrogen and oxygen atoms in total. The smallest absolute Gasteiger partial charge is 0.411 e. The Labute approximate surface area is 187 Å². The highest BCUT2D eigenvalue weighted by molar-refractivity contribution is 6.08. The summed E-state index contributed by atoms with van der Waals surface area (Å²) in [5.41, 5.74) is 5.89. The molecule has 2 aliphatic rings. The van der Waals surface area contributed by atoms with E-state index in [0.717, 1.165) is 18.9 Å². The summed E-state index contributed by atoms with van der Waals surface area (Å²) in [6.07, 6.45) is 2.33. The third-order valence-electron chi connectivity index (χ3n) is 6.80. The number of pyridine rings is 1. The summed E-state index contributed by atoms with van der Waals surface area (Å²) in [6.45, 7) is 2.85. The van der Waals surface area contributed by atoms with Crippen LogP contribution in [0.25, 0.3) is 22.0 Å². The number of nitrogens with zero attached hydrogens (tertiary/aromatic N) is 1. The number of para-hydroxylation sites is 1. The minimum absolute atomic E-state index is 0.138. The summed E-state index contributed by atoms with van der Waals surface area (Å²) < 4.78 is 19.7. The van der Waals surface area contributed by atoms with Crippen LogP contribution in [-0.2, 0) is 4.74 Å². The highest BCUT2D eigenvalue weighted by atomic mass is 19.1. The van der Waals surface area contributed by atoms with Crippen LogP contribution >= 0.6 is 0 Å². The number of hydrogen-bond acceptors (Lipinski definition) is 5. The van der Waals surface area contributed by atoms with Crippen LogP contribution in [0.1, 0.15) is 41.9 Å². The van der Waals surface area contributed by atoms with Gasteiger partial charge in [0.15, 0.2) is 5.82 Å². The number of aromatic nitrogens is 2. The van der Waals surface area contributed by atoms with E-state index < -0.39 is 35.1 Å². The van der Waals surface area contributed by atoms with E-state index in [-0.39, 0.29) is 16.8 Å². The van der Waals surface area contributed by atoms with Crippen LogP contribution < -0.4 is 11.3 Å². The normalized spacial score (nSPS) is 23.1. The average Bonchev–Trinajstić information content (AvgIpc) is 3.32. The molecule has 0 radical (unpaired) electrons. The number of rotatable bonds is 5. The Morgan fingerprint density at radius 1 is 1.39 bits per heavy atom. The van der Waals surface area contributed by atoms with Crippen LogP contribution in [0.2, 0.25) is 0 Å². The summed E-state index contributed by atoms with van der Waals surface area (Å²) >= 11 is 0. The van der Waals surface area contributed by atoms with Gasteiger partial charge in [-0.15, -0.1) is 0 Å². The van der Waals surface area contributed by atoms with Crippen molar-refractivity contribution >= 4 is 23.0 Å². The highest BCUT2D eigenvalue weighted by Gasteiger charge is 2.54. The molecule has 1 amide bonds. The largest absolute Gasteiger partial charge is 0.477 e. The molecule has 3 aromatic rings. The van der Waals surface area contributed by atoms with Crippen molar-refractivity contribution in [3.63, 3.8) is 0 Å². The predicted molar refractivity (Wildman–Crippen MR) is 117 cm³/mol. The molecule has 5 N–H and O–H groups in total. The van der Waals surface area contributed by atoms with Crippen LogP contribution in [0.5, 0.6) is 0 Å². The van der Waals surface area contributed by atoms with Crippen LogP contribution in [0, 0.1) is 11.7 Å². The molecule has 33 heavy (non-hydrogen) atoms. The number of aromatic carboxylic acids is 1. The van der Waals surface area contributed by atoms with Crippen molar-refractivity contribution in [3.05, 3.63) is 57.9 Å². The maximum Gasteiger partial charge on any atom is 0.411 e. The molecule has 172 valence electrons. The van der Waals surface area contributed by atoms with Gasteiger partial charge in [0.2, 0.25) is 0 Å². The van der Waals surface area contributed by atoms with Gasteiger partial charge in [-0.1, -0.05) is 18.2 Å². The number of nitrogens with one attached hydrogen (secondary N) is 2. The van der Waals surface area contributed by atoms with Gasteiger partial charge in [-0.05, 0) is 43.9 Å². The van der Waals surface area contributed by atoms with E-state index in [2.05, 4.69) is 9.97 Å². The van der Waals surface area contributed by atoms with Gasteiger partial charge in [-0.25, -0.2) is 14.0 Å². The van der Waals surface area contributed by atoms with Crippen LogP contribution in [0.3, 0.4) is 0 Å². The van der Waals surface area contributed by atoms with Crippen molar-refractivity contribution in [3.8, 4) is 11.1 Å². The van der Waals surface area contributed by atoms with Gasteiger partial charge in [-0.3, -0.25) is 9.69 Å². The number of carboxylic acids is 1. The molecule has 1 aliphatic heterocycles. The van der Waals surface area contributed by atoms with E-state index in [4.69, 9.17) is 10.5 Å². The topological polar surface area (TPSA) is 142 Å². The van der Waals surface area contributed by atoms with Crippen molar-refractivity contribution < 1.29 is 23.8 Å². The Kier molecular flexibility index (Phi) is 4.78. The number of ether oxygens (including phenoxy) is 1. The Balaban J connectivity index is 1.58. The number of nitrogens with two attached hydrogens (primary N) is 1. The quantitative estimate of drug-likeness (QED) is 0.467. The fourth-order valence-electron chi connectivity index (χ4n) is 5.13. The Hall–Kier alpha value is -3.66. The lowest BCUT2D eigenvalue weighted by molar-refractivity contribution is -0.0439. The fourth-order valence-corrected chi connectivity index (χ4v) is 5.13. The van der Waals surface area contributed by atoms with Gasteiger partial charge in [0.05, 0.1) is 18.1 Å². The minimum atomic E-state index is -1.23. The van der Waals surface area contributed by atoms with Gasteiger partial charge < -0.3 is 25.5 Å². The molecule has 5 rings (SSSR count). The molecule has 1 saturated heterocycles. The SMILES string of the molecule is C[C@@H](c1cccc2c(-c3c[nH]c(=O)c(F)c3)c(C(=O)O)[nH]c12)N1CC2(CC(CN)C2)OC1=O. The zero-order valence-corrected chi connectivity index (χ0v) is 17.9. The molecular formula is C23H23FN4O5. The lowest BCUT2D eigenvalue weighted by atomic mass is 9.71. The van der Waals surface area contributed by atoms with Crippen molar-refractivity contribution in [2.24, 2.45) is 11.7 Å². The van der Waals surface area contributed by atoms with Gasteiger partial charge in [-0.2, -0.15) is 0 Å². The van der Waals surface area contributed by atoms with E-state index in [9.17, 15) is 23.9 Å². The number of amides is 1. The molecular weight excluding hydrogens is 431 g/mol. The Morgan fingerprint density at radius 3 is 2.82 bits per heavy atom. The monoisotopic (exact) mass is 454 g/mol. The van der Waals surface area contributed by atoms with Gasteiger partial charge >= 0.3 is 12.1 Å². The molecule has 2 fully saturated rings. The van der Waals surface area contributed by atoms with Gasteiger partial charge in [0.1, 0.15) is 11.3 Å². The number of carboxylic acid groups (broad SMARTS) is 1. The predicted octanol–water partition coefficient (Wildman–Crippen LogP) is 2.98. The lowest BCUT2D eigenvalue weighted by Crippen LogP contribution is -2.49. The maximum atomic E-state index is 14.0. The van der Waals surface area contributed by atoms with Crippen molar-refractivity contribution in [1.82, 2.24) is 14.9 Å². The molecule has 1 atom stereocenters. The number of halogens is 1. The second kappa shape index (κ2) is 7.45. The van der Waals surface area contributed by atoms with Crippen molar-refractivity contribution in [1.29, 1.82) is 0 Å². The second-order valence-corrected chi connectivity index (χ2v) is 8.88. The molecule has 1 aliphatic carbocycles. The van der Waals surface area contributed by atoms with Crippen molar-refractivity contribution in [2.45, 2.75) is 31.4 Å². The second-order valence-electron chi connectivity index (χ2n) is 8.88. The first-order valence-electron chi connectivity index (χ1n) is 10.7. The Morgan fingerprint density at radius 2 is 2.15 bits per heavy atom. The maximum absolute atomic E-state index is 14.0. The third kappa shape index (κ3) is 3.29. The third-order valence-corrected chi connectivity index (χ3v) is 6.80. The van der Waals surface area contributed by atoms with E-state index in [0.29, 0.717) is 35.5 Å². The molecule has 1 aromatic carbocycles. The molecule has 1 spiro atoms. The van der Waals surface area contributed by atoms with Crippen molar-refractivity contribution in [2.75, 3.05) is 13.1 Å². The zero-order valence-electron chi connectivity index (χ0n) is 17.9. The van der Waals surface area contributed by atoms with E-state index in [1.54, 1.807) is 17.0 Å². The first-order valence-corrected chi connectivity index (χ1v) is 10.7. The summed E-state index contributed by atoms with van der Waals surface area (Å²) in [5.74, 6) is -1.89. The number of fused-ring (bicyclic) bond motifs is 1. The van der Waals surface area contributed by atoms with Crippen LogP contribution in [0.15, 0.2) is 35.3 Å². The first kappa shape index (κ1) is 21.2. The molecule has 10 heteroatoms. The molecule has 3 heterocycles. The summed E-state index contributed by atoms with van der Waals surface area (Å²) in [5, 5.41) is 10.3. The molecule has 0 unspecified atom stereocenters. The standard InChI is InChI=1S/C23H23FN4O5/c1-11(28-10-23(33-22(28)32)6-12(7-23)8-25)14-3-2-4-15-17(19(21(30)31)27-18(14)15)13-5-16(24)20(29)26-9-13/h2-5,9,11-12,27H,6-8,10,25H2,1H3,(H,26,29)(H,30,31)/t11-,12?,23?/m0/s1. The lowest BCUT2D eigenvalue weighted by Gasteiger charge is -2.42. The van der Waals surface area contributed by atoms with E-state index in [1.165, 1.54) is 6.20 Å². The fraction of sp³-hybridized carbons (Fsp3) is 0.348. The molecule has 2 aromatic heterocycles. The molecule has 0 bridgehead atoms. The van der Waals surface area contributed by atoms with Crippen LogP contribution in [0.4, 0.5) is 9.18 Å². The average molecular weight is 454 g/mol. The summed E-state index contributed by atoms with van der Waals surface area (Å²) in [7, 11) is 0. The summed E-state index contributed by atoms with van der Waals surface area (Å²) in [6, 6.07) is 5.89. The Bertz CT molecular complexity index is 1340. The number of benzene rings is 1. The van der Waals surface area contributed by atoms with Gasteiger partial charge in [0.25, 0.3) is 5.56 Å². The summed E-state index contributed by atoms with van der Waals surface area (Å²) in [4.78, 5) is 43.0. The number of H-pyrrole nitrogens is 2. The number of carbonyl (C=O) groups excluding carboxylic acids is 1. The first-order chi connectivity index (χ1) is 15.7. The van der Waals surface area contributed by atoms with Crippen LogP contribution in [-0.4, -0.2) is 50.7 Å². The number of aromatic amines is 2. The van der Waals surface area contributed by atoms with Gasteiger partial charge in [0, 0.05) is 22.7 Å². The van der Waals surface area contributed by atoms with E-state index >= 15 is 0 Å². The number of carbonyl (C=O) groups is 2. The molecule has 1 saturated carbocycles. The zero-order chi connectivity index (χ0) is 23.5. The highest BCUT2D eigenvalue weighted by Crippen LogP contribution is 2.47. The minimum Gasteiger partial charge on any atom is -0.477 e. The van der Waals surface area contributed by atoms with E-state index in [1.807, 2.05) is 13.0 Å². The number of hydrogen-bond donors (Lipinski definition) is 4.